The van der Waals surface area contributed by atoms with Crippen molar-refractivity contribution in [2.75, 3.05) is 5.32 Å². The summed E-state index contributed by atoms with van der Waals surface area (Å²) in [6, 6.07) is 11.4. The summed E-state index contributed by atoms with van der Waals surface area (Å²) in [7, 11) is 0. The van der Waals surface area contributed by atoms with Crippen molar-refractivity contribution in [2.24, 2.45) is 0 Å². The summed E-state index contributed by atoms with van der Waals surface area (Å²) in [6.07, 6.45) is -5.16. The fraction of sp³-hybridized carbons (Fsp3) is 0.312. The van der Waals surface area contributed by atoms with Crippen LogP contribution in [0.5, 0.6) is 0 Å². The molecule has 1 atom stereocenters. The lowest BCUT2D eigenvalue weighted by Gasteiger charge is -2.22. The molecule has 0 bridgehead atoms. The van der Waals surface area contributed by atoms with Gasteiger partial charge in [0.25, 0.3) is 0 Å². The monoisotopic (exact) mass is 294 g/mol. The fourth-order valence-corrected chi connectivity index (χ4v) is 2.20. The zero-order valence-electron chi connectivity index (χ0n) is 11.9. The highest BCUT2D eigenvalue weighted by Crippen LogP contribution is 2.32. The number of aromatic nitrogens is 1. The number of aryl methyl sites for hydroxylation is 2. The van der Waals surface area contributed by atoms with Gasteiger partial charge in [0.1, 0.15) is 0 Å². The van der Waals surface area contributed by atoms with Gasteiger partial charge in [-0.1, -0.05) is 30.3 Å². The summed E-state index contributed by atoms with van der Waals surface area (Å²) in [5.41, 5.74) is 2.76. The predicted molar refractivity (Wildman–Crippen MR) is 77.2 cm³/mol. The summed E-state index contributed by atoms with van der Waals surface area (Å²) >= 11 is 0. The highest BCUT2D eigenvalue weighted by Gasteiger charge is 2.32. The molecule has 0 aliphatic heterocycles. The van der Waals surface area contributed by atoms with Gasteiger partial charge in [0.05, 0.1) is 23.8 Å². The number of rotatable bonds is 4. The van der Waals surface area contributed by atoms with E-state index in [0.29, 0.717) is 16.9 Å². The molecule has 0 fully saturated rings. The molecule has 1 aromatic heterocycles. The third-order valence-corrected chi connectivity index (χ3v) is 3.19. The van der Waals surface area contributed by atoms with E-state index in [2.05, 4.69) is 10.3 Å². The molecule has 0 radical (unpaired) electrons. The Morgan fingerprint density at radius 1 is 1.05 bits per heavy atom. The lowest BCUT2D eigenvalue weighted by molar-refractivity contribution is -0.137. The van der Waals surface area contributed by atoms with Gasteiger partial charge in [0.2, 0.25) is 0 Å². The van der Waals surface area contributed by atoms with Crippen LogP contribution >= 0.6 is 0 Å². The van der Waals surface area contributed by atoms with Crippen LogP contribution in [-0.4, -0.2) is 11.2 Å². The Balaban J connectivity index is 2.28. The number of halogens is 3. The molecule has 2 rings (SSSR count). The average molecular weight is 294 g/mol. The normalized spacial score (nSPS) is 13.0. The maximum absolute atomic E-state index is 12.8. The molecule has 2 aromatic rings. The molecule has 2 nitrogen and oxygen atoms in total. The number of hydrogen-bond acceptors (Lipinski definition) is 2. The quantitative estimate of drug-likeness (QED) is 0.875. The van der Waals surface area contributed by atoms with Crippen LogP contribution in [0.4, 0.5) is 18.9 Å². The van der Waals surface area contributed by atoms with Gasteiger partial charge in [-0.3, -0.25) is 4.98 Å². The molecular weight excluding hydrogens is 277 g/mol. The van der Waals surface area contributed by atoms with Gasteiger partial charge in [-0.05, 0) is 31.5 Å². The van der Waals surface area contributed by atoms with Crippen LogP contribution in [0.1, 0.15) is 29.4 Å². The molecule has 0 aliphatic rings. The highest BCUT2D eigenvalue weighted by atomic mass is 19.4. The highest BCUT2D eigenvalue weighted by molar-refractivity contribution is 5.49. The third kappa shape index (κ3) is 4.48. The Bertz CT molecular complexity index is 594. The van der Waals surface area contributed by atoms with Crippen molar-refractivity contribution in [1.82, 2.24) is 4.98 Å². The zero-order chi connectivity index (χ0) is 15.5. The number of benzene rings is 1. The van der Waals surface area contributed by atoms with Crippen LogP contribution < -0.4 is 5.32 Å². The molecule has 0 saturated heterocycles. The summed E-state index contributed by atoms with van der Waals surface area (Å²) in [4.78, 5) is 4.27. The third-order valence-electron chi connectivity index (χ3n) is 3.19. The molecule has 112 valence electrons. The molecule has 0 aliphatic carbocycles. The molecule has 0 spiro atoms. The second-order valence-corrected chi connectivity index (χ2v) is 5.01. The molecule has 1 N–H and O–H groups in total. The van der Waals surface area contributed by atoms with Crippen LogP contribution in [0.2, 0.25) is 0 Å². The van der Waals surface area contributed by atoms with E-state index in [0.717, 1.165) is 5.69 Å². The van der Waals surface area contributed by atoms with E-state index in [4.69, 9.17) is 0 Å². The summed E-state index contributed by atoms with van der Waals surface area (Å²) < 4.78 is 38.4. The SMILES string of the molecule is Cc1ccc(NC(CC(F)(F)F)c2ccccc2)c(C)n1. The smallest absolute Gasteiger partial charge is 0.376 e. The Kier molecular flexibility index (Phi) is 4.50. The van der Waals surface area contributed by atoms with Crippen molar-refractivity contribution >= 4 is 5.69 Å². The van der Waals surface area contributed by atoms with E-state index in [-0.39, 0.29) is 0 Å². The Hall–Kier alpha value is -2.04. The minimum Gasteiger partial charge on any atom is -0.376 e. The minimum absolute atomic E-state index is 0.606. The van der Waals surface area contributed by atoms with E-state index in [9.17, 15) is 13.2 Å². The Labute approximate surface area is 122 Å². The lowest BCUT2D eigenvalue weighted by Crippen LogP contribution is -2.20. The molecule has 1 unspecified atom stereocenters. The number of nitrogens with zero attached hydrogens (tertiary/aromatic N) is 1. The summed E-state index contributed by atoms with van der Waals surface area (Å²) in [6.45, 7) is 3.63. The van der Waals surface area contributed by atoms with Gasteiger partial charge in [0.15, 0.2) is 0 Å². The summed E-state index contributed by atoms with van der Waals surface area (Å²) in [5.74, 6) is 0. The second kappa shape index (κ2) is 6.16. The summed E-state index contributed by atoms with van der Waals surface area (Å²) in [5, 5.41) is 2.96. The van der Waals surface area contributed by atoms with E-state index < -0.39 is 18.6 Å². The molecule has 0 amide bonds. The van der Waals surface area contributed by atoms with E-state index in [1.54, 1.807) is 49.4 Å². The molecular formula is C16H17F3N2. The number of pyridine rings is 1. The zero-order valence-corrected chi connectivity index (χ0v) is 11.9. The fourth-order valence-electron chi connectivity index (χ4n) is 2.20. The van der Waals surface area contributed by atoms with E-state index >= 15 is 0 Å². The largest absolute Gasteiger partial charge is 0.391 e. The van der Waals surface area contributed by atoms with Gasteiger partial charge in [0, 0.05) is 5.69 Å². The first kappa shape index (κ1) is 15.4. The average Bonchev–Trinajstić information content (AvgIpc) is 2.40. The lowest BCUT2D eigenvalue weighted by atomic mass is 10.0. The van der Waals surface area contributed by atoms with Gasteiger partial charge in [-0.15, -0.1) is 0 Å². The molecule has 1 heterocycles. The first-order chi connectivity index (χ1) is 9.85. The van der Waals surface area contributed by atoms with Crippen LogP contribution in [-0.2, 0) is 0 Å². The number of anilines is 1. The maximum Gasteiger partial charge on any atom is 0.391 e. The first-order valence-electron chi connectivity index (χ1n) is 6.67. The van der Waals surface area contributed by atoms with Crippen LogP contribution in [0, 0.1) is 13.8 Å². The Morgan fingerprint density at radius 2 is 1.71 bits per heavy atom. The molecule has 1 aromatic carbocycles. The standard InChI is InChI=1S/C16H17F3N2/c1-11-8-9-14(12(2)20-11)21-15(10-16(17,18)19)13-6-4-3-5-7-13/h3-9,15,21H,10H2,1-2H3. The number of alkyl halides is 3. The molecule has 21 heavy (non-hydrogen) atoms. The number of nitrogens with one attached hydrogen (secondary N) is 1. The van der Waals surface area contributed by atoms with Crippen molar-refractivity contribution in [3.63, 3.8) is 0 Å². The molecule has 5 heteroatoms. The van der Waals surface area contributed by atoms with Crippen molar-refractivity contribution in [1.29, 1.82) is 0 Å². The van der Waals surface area contributed by atoms with Crippen LogP contribution in [0.25, 0.3) is 0 Å². The second-order valence-electron chi connectivity index (χ2n) is 5.01. The maximum atomic E-state index is 12.8. The molecule has 0 saturated carbocycles. The minimum atomic E-state index is -4.24. The number of hydrogen-bond donors (Lipinski definition) is 1. The van der Waals surface area contributed by atoms with E-state index in [1.165, 1.54) is 0 Å². The van der Waals surface area contributed by atoms with Crippen molar-refractivity contribution in [3.8, 4) is 0 Å². The topological polar surface area (TPSA) is 24.9 Å². The van der Waals surface area contributed by atoms with Gasteiger partial charge < -0.3 is 5.32 Å². The van der Waals surface area contributed by atoms with Gasteiger partial charge >= 0.3 is 6.18 Å². The van der Waals surface area contributed by atoms with Crippen molar-refractivity contribution < 1.29 is 13.2 Å². The first-order valence-corrected chi connectivity index (χ1v) is 6.67. The van der Waals surface area contributed by atoms with Crippen molar-refractivity contribution in [2.45, 2.75) is 32.5 Å². The van der Waals surface area contributed by atoms with Crippen LogP contribution in [0.3, 0.4) is 0 Å². The Morgan fingerprint density at radius 3 is 2.29 bits per heavy atom. The predicted octanol–water partition coefficient (Wildman–Crippen LogP) is 4.80. The van der Waals surface area contributed by atoms with E-state index in [1.807, 2.05) is 6.92 Å². The van der Waals surface area contributed by atoms with Crippen LogP contribution in [0.15, 0.2) is 42.5 Å². The van der Waals surface area contributed by atoms with Gasteiger partial charge in [-0.2, -0.15) is 13.2 Å². The van der Waals surface area contributed by atoms with Gasteiger partial charge in [-0.25, -0.2) is 0 Å². The van der Waals surface area contributed by atoms with Crippen molar-refractivity contribution in [3.05, 3.63) is 59.4 Å².